The first kappa shape index (κ1) is 23.5. The second-order valence-corrected chi connectivity index (χ2v) is 11.3. The van der Waals surface area contributed by atoms with Crippen molar-refractivity contribution in [2.24, 2.45) is 0 Å². The van der Waals surface area contributed by atoms with Gasteiger partial charge in [-0.2, -0.15) is 9.97 Å². The maximum atomic E-state index is 5.27. The molecule has 4 heterocycles. The predicted octanol–water partition coefficient (Wildman–Crippen LogP) is 9.45. The molecular formula is C39H23N5. The minimum Gasteiger partial charge on any atom is -0.307 e. The fourth-order valence-electron chi connectivity index (χ4n) is 7.09. The standard InChI is InChI=1S/C39H23N5/c1-2-12-24(13-3-1)37-40-38(42-39(41-37)43-32-21-7-4-14-25(32)26-15-5-8-22-33(26)43)31-20-11-19-30-29-18-10-17-28-27-16-6-9-23-34(27)44(35(28)29)36(30)31/h1-23H. The third-order valence-corrected chi connectivity index (χ3v) is 8.92. The average Bonchev–Trinajstić information content (AvgIpc) is 3.74. The summed E-state index contributed by atoms with van der Waals surface area (Å²) in [5.74, 6) is 1.89. The Morgan fingerprint density at radius 1 is 0.364 bits per heavy atom. The Hall–Kier alpha value is -6.07. The molecule has 0 radical (unpaired) electrons. The molecular weight excluding hydrogens is 538 g/mol. The number of benzene rings is 6. The Balaban J connectivity index is 1.35. The smallest absolute Gasteiger partial charge is 0.238 e. The van der Waals surface area contributed by atoms with Crippen molar-refractivity contribution in [1.29, 1.82) is 0 Å². The van der Waals surface area contributed by atoms with Gasteiger partial charge in [-0.05, 0) is 24.3 Å². The second-order valence-electron chi connectivity index (χ2n) is 11.3. The molecule has 10 aromatic rings. The number of fused-ring (bicyclic) bond motifs is 9. The van der Waals surface area contributed by atoms with E-state index in [2.05, 4.69) is 130 Å². The van der Waals surface area contributed by atoms with Crippen LogP contribution in [-0.4, -0.2) is 23.9 Å². The molecule has 0 atom stereocenters. The van der Waals surface area contributed by atoms with E-state index in [4.69, 9.17) is 15.0 Å². The lowest BCUT2D eigenvalue weighted by Crippen LogP contribution is -2.06. The summed E-state index contributed by atoms with van der Waals surface area (Å²) >= 11 is 0. The molecule has 0 aliphatic carbocycles. The van der Waals surface area contributed by atoms with E-state index in [1.54, 1.807) is 0 Å². The van der Waals surface area contributed by atoms with E-state index < -0.39 is 0 Å². The lowest BCUT2D eigenvalue weighted by Gasteiger charge is -2.12. The molecule has 0 aliphatic rings. The lowest BCUT2D eigenvalue weighted by atomic mass is 10.1. The largest absolute Gasteiger partial charge is 0.307 e. The van der Waals surface area contributed by atoms with E-state index in [0.29, 0.717) is 17.6 Å². The molecule has 44 heavy (non-hydrogen) atoms. The van der Waals surface area contributed by atoms with Crippen LogP contribution in [0.4, 0.5) is 0 Å². The van der Waals surface area contributed by atoms with Crippen LogP contribution in [0.2, 0.25) is 0 Å². The third-order valence-electron chi connectivity index (χ3n) is 8.92. The SMILES string of the molecule is c1ccc(-c2nc(-c3cccc4c5cccc6c7ccccc7n(c34)c65)nc(-n3c4ccccc4c4ccccc43)n2)cc1. The van der Waals surface area contributed by atoms with Crippen LogP contribution in [-0.2, 0) is 0 Å². The Morgan fingerprint density at radius 2 is 0.864 bits per heavy atom. The van der Waals surface area contributed by atoms with Gasteiger partial charge in [0.2, 0.25) is 5.95 Å². The van der Waals surface area contributed by atoms with Gasteiger partial charge < -0.3 is 4.40 Å². The summed E-state index contributed by atoms with van der Waals surface area (Å²) in [6, 6.07) is 48.8. The molecule has 5 nitrogen and oxygen atoms in total. The molecule has 6 aromatic carbocycles. The maximum Gasteiger partial charge on any atom is 0.238 e. The van der Waals surface area contributed by atoms with Gasteiger partial charge in [-0.1, -0.05) is 115 Å². The lowest BCUT2D eigenvalue weighted by molar-refractivity contribution is 0.954. The number of nitrogens with zero attached hydrogens (tertiary/aromatic N) is 5. The topological polar surface area (TPSA) is 48.0 Å². The van der Waals surface area contributed by atoms with Gasteiger partial charge in [-0.15, -0.1) is 0 Å². The molecule has 0 unspecified atom stereocenters. The van der Waals surface area contributed by atoms with Gasteiger partial charge in [0.1, 0.15) is 0 Å². The van der Waals surface area contributed by atoms with E-state index in [9.17, 15) is 0 Å². The van der Waals surface area contributed by atoms with Crippen LogP contribution in [0, 0.1) is 0 Å². The van der Waals surface area contributed by atoms with Crippen molar-refractivity contribution in [3.05, 3.63) is 140 Å². The van der Waals surface area contributed by atoms with Crippen molar-refractivity contribution >= 4 is 59.9 Å². The summed E-state index contributed by atoms with van der Waals surface area (Å²) in [5, 5.41) is 7.26. The summed E-state index contributed by atoms with van der Waals surface area (Å²) in [5.41, 5.74) is 7.57. The van der Waals surface area contributed by atoms with Crippen molar-refractivity contribution in [3.8, 4) is 28.7 Å². The predicted molar refractivity (Wildman–Crippen MR) is 180 cm³/mol. The summed E-state index contributed by atoms with van der Waals surface area (Å²) in [7, 11) is 0. The molecule has 0 saturated carbocycles. The van der Waals surface area contributed by atoms with Crippen molar-refractivity contribution in [1.82, 2.24) is 23.9 Å². The number of aromatic nitrogens is 5. The van der Waals surface area contributed by atoms with Gasteiger partial charge >= 0.3 is 0 Å². The van der Waals surface area contributed by atoms with Crippen LogP contribution >= 0.6 is 0 Å². The zero-order valence-corrected chi connectivity index (χ0v) is 23.5. The molecule has 204 valence electrons. The molecule has 0 N–H and O–H groups in total. The second kappa shape index (κ2) is 8.72. The maximum absolute atomic E-state index is 5.27. The molecule has 0 aliphatic heterocycles. The molecule has 0 bridgehead atoms. The molecule has 0 saturated heterocycles. The molecule has 10 rings (SSSR count). The average molecular weight is 562 g/mol. The quantitative estimate of drug-likeness (QED) is 0.216. The van der Waals surface area contributed by atoms with E-state index in [-0.39, 0.29) is 0 Å². The molecule has 0 spiro atoms. The zero-order chi connectivity index (χ0) is 28.8. The van der Waals surface area contributed by atoms with Crippen molar-refractivity contribution in [2.75, 3.05) is 0 Å². The van der Waals surface area contributed by atoms with Gasteiger partial charge in [0.15, 0.2) is 11.6 Å². The highest BCUT2D eigenvalue weighted by Crippen LogP contribution is 2.42. The summed E-state index contributed by atoms with van der Waals surface area (Å²) in [4.78, 5) is 15.5. The van der Waals surface area contributed by atoms with Crippen LogP contribution in [0.25, 0.3) is 88.6 Å². The summed E-state index contributed by atoms with van der Waals surface area (Å²) in [6.07, 6.45) is 0. The Labute approximate surface area is 251 Å². The molecule has 5 heteroatoms. The van der Waals surface area contributed by atoms with Crippen LogP contribution in [0.5, 0.6) is 0 Å². The zero-order valence-electron chi connectivity index (χ0n) is 23.5. The number of hydrogen-bond donors (Lipinski definition) is 0. The van der Waals surface area contributed by atoms with Gasteiger partial charge in [0.25, 0.3) is 0 Å². The molecule has 4 aromatic heterocycles. The minimum absolute atomic E-state index is 0.599. The van der Waals surface area contributed by atoms with Crippen LogP contribution in [0.3, 0.4) is 0 Å². The third kappa shape index (κ3) is 3.10. The van der Waals surface area contributed by atoms with Gasteiger partial charge in [-0.3, -0.25) is 4.57 Å². The Bertz CT molecular complexity index is 2660. The monoisotopic (exact) mass is 561 g/mol. The highest BCUT2D eigenvalue weighted by molar-refractivity contribution is 6.24. The first-order valence-electron chi connectivity index (χ1n) is 14.8. The minimum atomic E-state index is 0.599. The van der Waals surface area contributed by atoms with Gasteiger partial charge in [-0.25, -0.2) is 4.98 Å². The van der Waals surface area contributed by atoms with E-state index in [1.807, 2.05) is 18.2 Å². The van der Waals surface area contributed by atoms with Gasteiger partial charge in [0.05, 0.1) is 27.6 Å². The summed E-state index contributed by atoms with van der Waals surface area (Å²) in [6.45, 7) is 0. The van der Waals surface area contributed by atoms with Crippen molar-refractivity contribution in [3.63, 3.8) is 0 Å². The fourth-order valence-corrected chi connectivity index (χ4v) is 7.09. The van der Waals surface area contributed by atoms with Crippen LogP contribution in [0.1, 0.15) is 0 Å². The van der Waals surface area contributed by atoms with Crippen LogP contribution in [0.15, 0.2) is 140 Å². The first-order chi connectivity index (χ1) is 21.8. The van der Waals surface area contributed by atoms with E-state index in [1.165, 1.54) is 43.4 Å². The first-order valence-corrected chi connectivity index (χ1v) is 14.8. The van der Waals surface area contributed by atoms with Crippen LogP contribution < -0.4 is 0 Å². The highest BCUT2D eigenvalue weighted by atomic mass is 15.2. The molecule has 0 fully saturated rings. The van der Waals surface area contributed by atoms with E-state index in [0.717, 1.165) is 27.7 Å². The van der Waals surface area contributed by atoms with Crippen molar-refractivity contribution in [2.45, 2.75) is 0 Å². The Kier molecular flexibility index (Phi) is 4.66. The number of hydrogen-bond acceptors (Lipinski definition) is 3. The Morgan fingerprint density at radius 3 is 1.57 bits per heavy atom. The number of para-hydroxylation sites is 5. The highest BCUT2D eigenvalue weighted by Gasteiger charge is 2.22. The van der Waals surface area contributed by atoms with E-state index >= 15 is 0 Å². The van der Waals surface area contributed by atoms with Crippen molar-refractivity contribution < 1.29 is 0 Å². The normalized spacial score (nSPS) is 12.1. The summed E-state index contributed by atoms with van der Waals surface area (Å²) < 4.78 is 4.57. The number of rotatable bonds is 3. The van der Waals surface area contributed by atoms with Gasteiger partial charge in [0, 0.05) is 43.4 Å². The molecule has 0 amide bonds. The fraction of sp³-hybridized carbons (Fsp3) is 0.